The number of alkyl halides is 1. The fourth-order valence-corrected chi connectivity index (χ4v) is 1.27. The second-order valence-electron chi connectivity index (χ2n) is 2.89. The van der Waals surface area contributed by atoms with Gasteiger partial charge in [0.15, 0.2) is 0 Å². The standard InChI is InChI=1S/C8H14FNO2/c1-2-12-8(11)7-4-3-6(9)5-10-7/h6-7,10H,2-5H2,1H3/t6-,7+/m1/s1. The number of carbonyl (C=O) groups is 1. The molecule has 1 fully saturated rings. The minimum atomic E-state index is -0.810. The van der Waals surface area contributed by atoms with Crippen molar-refractivity contribution in [1.82, 2.24) is 5.32 Å². The molecule has 1 saturated heterocycles. The first-order chi connectivity index (χ1) is 5.74. The van der Waals surface area contributed by atoms with E-state index in [1.54, 1.807) is 6.92 Å². The Hall–Kier alpha value is -0.640. The van der Waals surface area contributed by atoms with Gasteiger partial charge in [0.05, 0.1) is 6.61 Å². The number of hydrogen-bond donors (Lipinski definition) is 1. The van der Waals surface area contributed by atoms with Crippen molar-refractivity contribution in [2.24, 2.45) is 0 Å². The molecule has 0 spiro atoms. The van der Waals surface area contributed by atoms with E-state index in [2.05, 4.69) is 5.32 Å². The van der Waals surface area contributed by atoms with Gasteiger partial charge in [-0.1, -0.05) is 0 Å². The molecule has 1 aliphatic heterocycles. The molecule has 0 aromatic heterocycles. The lowest BCUT2D eigenvalue weighted by molar-refractivity contribution is -0.146. The topological polar surface area (TPSA) is 38.3 Å². The number of ether oxygens (including phenoxy) is 1. The van der Waals surface area contributed by atoms with Gasteiger partial charge in [-0.2, -0.15) is 0 Å². The van der Waals surface area contributed by atoms with Gasteiger partial charge >= 0.3 is 5.97 Å². The Morgan fingerprint density at radius 3 is 2.92 bits per heavy atom. The van der Waals surface area contributed by atoms with E-state index in [-0.39, 0.29) is 18.6 Å². The van der Waals surface area contributed by atoms with Gasteiger partial charge in [-0.25, -0.2) is 4.39 Å². The van der Waals surface area contributed by atoms with Crippen LogP contribution in [0.2, 0.25) is 0 Å². The van der Waals surface area contributed by atoms with Gasteiger partial charge in [0, 0.05) is 6.54 Å². The number of nitrogens with one attached hydrogen (secondary N) is 1. The van der Waals surface area contributed by atoms with Crippen LogP contribution in [-0.4, -0.2) is 31.3 Å². The van der Waals surface area contributed by atoms with Crippen LogP contribution in [0.5, 0.6) is 0 Å². The molecular formula is C8H14FNO2. The van der Waals surface area contributed by atoms with Crippen molar-refractivity contribution in [3.63, 3.8) is 0 Å². The molecule has 0 aromatic carbocycles. The van der Waals surface area contributed by atoms with Crippen LogP contribution < -0.4 is 5.32 Å². The molecule has 2 atom stereocenters. The van der Waals surface area contributed by atoms with Gasteiger partial charge in [0.1, 0.15) is 12.2 Å². The molecule has 1 heterocycles. The smallest absolute Gasteiger partial charge is 0.323 e. The Labute approximate surface area is 71.3 Å². The molecule has 0 aromatic rings. The van der Waals surface area contributed by atoms with Crippen molar-refractivity contribution in [2.45, 2.75) is 32.0 Å². The summed E-state index contributed by atoms with van der Waals surface area (Å²) < 4.78 is 17.4. The highest BCUT2D eigenvalue weighted by Gasteiger charge is 2.25. The monoisotopic (exact) mass is 175 g/mol. The number of rotatable bonds is 2. The average Bonchev–Trinajstić information content (AvgIpc) is 2.06. The van der Waals surface area contributed by atoms with Crippen LogP contribution in [-0.2, 0) is 9.53 Å². The lowest BCUT2D eigenvalue weighted by atomic mass is 10.0. The van der Waals surface area contributed by atoms with E-state index in [0.29, 0.717) is 19.4 Å². The van der Waals surface area contributed by atoms with Gasteiger partial charge in [-0.3, -0.25) is 4.79 Å². The quantitative estimate of drug-likeness (QED) is 0.626. The summed E-state index contributed by atoms with van der Waals surface area (Å²) in [6.45, 7) is 2.41. The molecule has 1 aliphatic rings. The van der Waals surface area contributed by atoms with E-state index in [0.717, 1.165) is 0 Å². The lowest BCUT2D eigenvalue weighted by Gasteiger charge is -2.23. The van der Waals surface area contributed by atoms with Gasteiger partial charge in [0.25, 0.3) is 0 Å². The van der Waals surface area contributed by atoms with Crippen molar-refractivity contribution >= 4 is 5.97 Å². The first-order valence-corrected chi connectivity index (χ1v) is 4.28. The highest BCUT2D eigenvalue weighted by Crippen LogP contribution is 2.11. The zero-order chi connectivity index (χ0) is 8.97. The third-order valence-electron chi connectivity index (χ3n) is 1.93. The first kappa shape index (κ1) is 9.45. The van der Waals surface area contributed by atoms with Crippen molar-refractivity contribution < 1.29 is 13.9 Å². The maximum Gasteiger partial charge on any atom is 0.323 e. The highest BCUT2D eigenvalue weighted by molar-refractivity contribution is 5.75. The van der Waals surface area contributed by atoms with Crippen molar-refractivity contribution in [2.75, 3.05) is 13.2 Å². The zero-order valence-corrected chi connectivity index (χ0v) is 7.18. The summed E-state index contributed by atoms with van der Waals surface area (Å²) in [6, 6.07) is -0.294. The molecule has 1 N–H and O–H groups in total. The lowest BCUT2D eigenvalue weighted by Crippen LogP contribution is -2.45. The Bertz CT molecular complexity index is 155. The van der Waals surface area contributed by atoms with Crippen LogP contribution in [0.3, 0.4) is 0 Å². The van der Waals surface area contributed by atoms with E-state index in [1.165, 1.54) is 0 Å². The number of hydrogen-bond acceptors (Lipinski definition) is 3. The van der Waals surface area contributed by atoms with E-state index in [4.69, 9.17) is 4.74 Å². The predicted molar refractivity (Wildman–Crippen MR) is 42.6 cm³/mol. The molecule has 1 rings (SSSR count). The molecule has 0 saturated carbocycles. The Morgan fingerprint density at radius 2 is 2.42 bits per heavy atom. The van der Waals surface area contributed by atoms with Crippen LogP contribution in [0.1, 0.15) is 19.8 Å². The molecule has 0 unspecified atom stereocenters. The van der Waals surface area contributed by atoms with Crippen molar-refractivity contribution in [3.05, 3.63) is 0 Å². The Morgan fingerprint density at radius 1 is 1.67 bits per heavy atom. The van der Waals surface area contributed by atoms with Gasteiger partial charge < -0.3 is 10.1 Å². The van der Waals surface area contributed by atoms with Crippen LogP contribution in [0.4, 0.5) is 4.39 Å². The Balaban J connectivity index is 2.29. The number of carbonyl (C=O) groups excluding carboxylic acids is 1. The minimum Gasteiger partial charge on any atom is -0.465 e. The second-order valence-corrected chi connectivity index (χ2v) is 2.89. The summed E-state index contributed by atoms with van der Waals surface area (Å²) >= 11 is 0. The van der Waals surface area contributed by atoms with Crippen LogP contribution in [0.15, 0.2) is 0 Å². The molecule has 0 bridgehead atoms. The number of piperidine rings is 1. The summed E-state index contributed by atoms with van der Waals surface area (Å²) in [5, 5.41) is 2.80. The number of esters is 1. The summed E-state index contributed by atoms with van der Waals surface area (Å²) in [4.78, 5) is 11.1. The number of halogens is 1. The van der Waals surface area contributed by atoms with E-state index >= 15 is 0 Å². The summed E-state index contributed by atoms with van der Waals surface area (Å²) in [5.74, 6) is -0.260. The van der Waals surface area contributed by atoms with E-state index in [9.17, 15) is 9.18 Å². The third kappa shape index (κ3) is 2.44. The molecule has 0 amide bonds. The van der Waals surface area contributed by atoms with Crippen molar-refractivity contribution in [3.8, 4) is 0 Å². The van der Waals surface area contributed by atoms with E-state index in [1.807, 2.05) is 0 Å². The van der Waals surface area contributed by atoms with E-state index < -0.39 is 6.17 Å². The summed E-state index contributed by atoms with van der Waals surface area (Å²) in [7, 11) is 0. The first-order valence-electron chi connectivity index (χ1n) is 4.28. The minimum absolute atomic E-state index is 0.260. The fraction of sp³-hybridized carbons (Fsp3) is 0.875. The summed E-state index contributed by atoms with van der Waals surface area (Å²) in [5.41, 5.74) is 0. The van der Waals surface area contributed by atoms with Crippen molar-refractivity contribution in [1.29, 1.82) is 0 Å². The highest BCUT2D eigenvalue weighted by atomic mass is 19.1. The third-order valence-corrected chi connectivity index (χ3v) is 1.93. The van der Waals surface area contributed by atoms with Crippen LogP contribution in [0.25, 0.3) is 0 Å². The zero-order valence-electron chi connectivity index (χ0n) is 7.18. The molecule has 3 nitrogen and oxygen atoms in total. The fourth-order valence-electron chi connectivity index (χ4n) is 1.27. The maximum absolute atomic E-state index is 12.6. The molecule has 70 valence electrons. The van der Waals surface area contributed by atoms with Gasteiger partial charge in [-0.05, 0) is 19.8 Å². The average molecular weight is 175 g/mol. The van der Waals surface area contributed by atoms with Crippen LogP contribution in [0, 0.1) is 0 Å². The van der Waals surface area contributed by atoms with Gasteiger partial charge in [0.2, 0.25) is 0 Å². The molecule has 4 heteroatoms. The molecular weight excluding hydrogens is 161 g/mol. The predicted octanol–water partition coefficient (Wildman–Crippen LogP) is 0.640. The normalized spacial score (nSPS) is 29.8. The second kappa shape index (κ2) is 4.40. The molecule has 0 aliphatic carbocycles. The SMILES string of the molecule is CCOC(=O)[C@@H]1CC[C@@H](F)CN1. The molecule has 0 radical (unpaired) electrons. The maximum atomic E-state index is 12.6. The summed E-state index contributed by atoms with van der Waals surface area (Å²) in [6.07, 6.45) is 0.187. The van der Waals surface area contributed by atoms with Gasteiger partial charge in [-0.15, -0.1) is 0 Å². The van der Waals surface area contributed by atoms with Crippen LogP contribution >= 0.6 is 0 Å². The molecule has 12 heavy (non-hydrogen) atoms. The Kier molecular flexibility index (Phi) is 3.47. The largest absolute Gasteiger partial charge is 0.465 e.